The van der Waals surface area contributed by atoms with Crippen LogP contribution in [0.1, 0.15) is 54.8 Å². The number of hydrogen-bond donors (Lipinski definition) is 0. The second-order valence-corrected chi connectivity index (χ2v) is 7.77. The highest BCUT2D eigenvalue weighted by Crippen LogP contribution is 2.44. The first-order chi connectivity index (χ1) is 14.8. The summed E-state index contributed by atoms with van der Waals surface area (Å²) in [5.74, 6) is 0.517. The van der Waals surface area contributed by atoms with Crippen molar-refractivity contribution in [2.45, 2.75) is 51.2 Å². The molecule has 1 aromatic carbocycles. The van der Waals surface area contributed by atoms with Crippen LogP contribution < -0.4 is 0 Å². The Balaban J connectivity index is 2.01. The standard InChI is InChI=1S/C25H29N3O2/c1-4-15-28-22-16-18(17-30-29-3)11-12-20(22)23(19-9-7-6-8-10-19)25(28)24-21(5-2)26-13-14-27-24/h4-5,11-14,16,19H,1-2,6-10,15,17H2,3H3. The minimum Gasteiger partial charge on any atom is -0.335 e. The maximum absolute atomic E-state index is 5.18. The zero-order chi connectivity index (χ0) is 20.9. The van der Waals surface area contributed by atoms with Gasteiger partial charge < -0.3 is 4.57 Å². The predicted molar refractivity (Wildman–Crippen MR) is 121 cm³/mol. The van der Waals surface area contributed by atoms with Crippen LogP contribution in [0.5, 0.6) is 0 Å². The second kappa shape index (κ2) is 9.37. The van der Waals surface area contributed by atoms with Gasteiger partial charge in [-0.3, -0.25) is 9.97 Å². The van der Waals surface area contributed by atoms with Gasteiger partial charge in [0.05, 0.1) is 18.5 Å². The molecule has 0 amide bonds. The molecule has 0 radical (unpaired) electrons. The van der Waals surface area contributed by atoms with E-state index in [1.165, 1.54) is 55.7 Å². The molecule has 1 fully saturated rings. The van der Waals surface area contributed by atoms with Crippen LogP contribution in [0, 0.1) is 0 Å². The molecule has 0 atom stereocenters. The predicted octanol–water partition coefficient (Wildman–Crippen LogP) is 6.05. The average molecular weight is 404 g/mol. The Kier molecular flexibility index (Phi) is 6.41. The van der Waals surface area contributed by atoms with Crippen LogP contribution >= 0.6 is 0 Å². The molecule has 2 aromatic heterocycles. The third-order valence-electron chi connectivity index (χ3n) is 5.98. The van der Waals surface area contributed by atoms with Gasteiger partial charge in [0.2, 0.25) is 0 Å². The summed E-state index contributed by atoms with van der Waals surface area (Å²) in [7, 11) is 1.53. The Bertz CT molecular complexity index is 1050. The Hall–Kier alpha value is -2.76. The minimum absolute atomic E-state index is 0.406. The van der Waals surface area contributed by atoms with Crippen LogP contribution in [0.3, 0.4) is 0 Å². The molecular formula is C25H29N3O2. The molecule has 3 aromatic rings. The summed E-state index contributed by atoms with van der Waals surface area (Å²) in [4.78, 5) is 19.3. The molecular weight excluding hydrogens is 374 g/mol. The van der Waals surface area contributed by atoms with E-state index in [1.54, 1.807) is 18.5 Å². The van der Waals surface area contributed by atoms with Crippen molar-refractivity contribution in [3.63, 3.8) is 0 Å². The molecule has 156 valence electrons. The lowest BCUT2D eigenvalue weighted by atomic mass is 9.82. The molecule has 30 heavy (non-hydrogen) atoms. The molecule has 0 spiro atoms. The zero-order valence-electron chi connectivity index (χ0n) is 17.6. The second-order valence-electron chi connectivity index (χ2n) is 7.77. The van der Waals surface area contributed by atoms with E-state index < -0.39 is 0 Å². The van der Waals surface area contributed by atoms with Crippen LogP contribution in [0.4, 0.5) is 0 Å². The molecule has 5 nitrogen and oxygen atoms in total. The largest absolute Gasteiger partial charge is 0.335 e. The fraction of sp³-hybridized carbons (Fsp3) is 0.360. The molecule has 0 aliphatic heterocycles. The van der Waals surface area contributed by atoms with Crippen LogP contribution in [0.2, 0.25) is 0 Å². The van der Waals surface area contributed by atoms with Crippen LogP contribution in [-0.2, 0) is 22.9 Å². The number of nitrogens with zero attached hydrogens (tertiary/aromatic N) is 3. The first-order valence-corrected chi connectivity index (χ1v) is 10.6. The van der Waals surface area contributed by atoms with Gasteiger partial charge >= 0.3 is 0 Å². The number of allylic oxidation sites excluding steroid dienone is 1. The van der Waals surface area contributed by atoms with Gasteiger partial charge in [0.25, 0.3) is 0 Å². The van der Waals surface area contributed by atoms with E-state index in [0.717, 1.165) is 22.6 Å². The minimum atomic E-state index is 0.406. The van der Waals surface area contributed by atoms with Gasteiger partial charge in [-0.1, -0.05) is 44.1 Å². The Morgan fingerprint density at radius 2 is 1.93 bits per heavy atom. The van der Waals surface area contributed by atoms with Gasteiger partial charge in [0.15, 0.2) is 0 Å². The van der Waals surface area contributed by atoms with E-state index in [9.17, 15) is 0 Å². The van der Waals surface area contributed by atoms with E-state index >= 15 is 0 Å². The highest BCUT2D eigenvalue weighted by Gasteiger charge is 2.28. The lowest BCUT2D eigenvalue weighted by molar-refractivity contribution is -0.282. The summed E-state index contributed by atoms with van der Waals surface area (Å²) in [6.45, 7) is 9.09. The van der Waals surface area contributed by atoms with Crippen molar-refractivity contribution in [3.8, 4) is 11.4 Å². The van der Waals surface area contributed by atoms with Crippen molar-refractivity contribution in [1.29, 1.82) is 0 Å². The summed E-state index contributed by atoms with van der Waals surface area (Å²) in [6.07, 6.45) is 13.5. The smallest absolute Gasteiger partial charge is 0.113 e. The molecule has 4 rings (SSSR count). The van der Waals surface area contributed by atoms with Gasteiger partial charge in [0.1, 0.15) is 12.3 Å². The fourth-order valence-corrected chi connectivity index (χ4v) is 4.70. The molecule has 1 aliphatic carbocycles. The molecule has 0 saturated heterocycles. The molecule has 1 aliphatic rings. The molecule has 0 unspecified atom stereocenters. The van der Waals surface area contributed by atoms with Crippen LogP contribution in [0.25, 0.3) is 28.4 Å². The fourth-order valence-electron chi connectivity index (χ4n) is 4.70. The van der Waals surface area contributed by atoms with E-state index in [2.05, 4.69) is 40.9 Å². The Morgan fingerprint density at radius 1 is 1.13 bits per heavy atom. The summed E-state index contributed by atoms with van der Waals surface area (Å²) in [5, 5.41) is 1.28. The van der Waals surface area contributed by atoms with E-state index in [-0.39, 0.29) is 0 Å². The van der Waals surface area contributed by atoms with Gasteiger partial charge in [-0.2, -0.15) is 0 Å². The Morgan fingerprint density at radius 3 is 2.67 bits per heavy atom. The zero-order valence-corrected chi connectivity index (χ0v) is 17.6. The van der Waals surface area contributed by atoms with Crippen molar-refractivity contribution in [1.82, 2.24) is 14.5 Å². The third-order valence-corrected chi connectivity index (χ3v) is 5.98. The molecule has 0 N–H and O–H groups in total. The lowest BCUT2D eigenvalue weighted by Crippen LogP contribution is -2.08. The highest BCUT2D eigenvalue weighted by atomic mass is 17.2. The summed E-state index contributed by atoms with van der Waals surface area (Å²) in [5.41, 5.74) is 6.46. The van der Waals surface area contributed by atoms with Crippen molar-refractivity contribution in [2.24, 2.45) is 0 Å². The molecule has 0 bridgehead atoms. The SMILES string of the molecule is C=CCn1c(-c2nccnc2C=C)c(C2CCCCC2)c2ccc(COOC)cc21. The lowest BCUT2D eigenvalue weighted by Gasteiger charge is -2.23. The maximum atomic E-state index is 5.18. The van der Waals surface area contributed by atoms with Gasteiger partial charge in [-0.25, -0.2) is 9.78 Å². The summed E-state index contributed by atoms with van der Waals surface area (Å²) >= 11 is 0. The molecule has 2 heterocycles. The summed E-state index contributed by atoms with van der Waals surface area (Å²) in [6, 6.07) is 6.54. The molecule has 5 heteroatoms. The van der Waals surface area contributed by atoms with Crippen molar-refractivity contribution in [3.05, 3.63) is 66.6 Å². The number of fused-ring (bicyclic) bond motifs is 1. The third kappa shape index (κ3) is 3.83. The quantitative estimate of drug-likeness (QED) is 0.261. The average Bonchev–Trinajstić information content (AvgIpc) is 3.11. The highest BCUT2D eigenvalue weighted by molar-refractivity contribution is 5.93. The Labute approximate surface area is 178 Å². The van der Waals surface area contributed by atoms with Crippen LogP contribution in [-0.4, -0.2) is 21.6 Å². The topological polar surface area (TPSA) is 49.2 Å². The van der Waals surface area contributed by atoms with E-state index in [4.69, 9.17) is 14.8 Å². The first kappa shape index (κ1) is 20.5. The van der Waals surface area contributed by atoms with Gasteiger partial charge in [-0.05, 0) is 42.0 Å². The monoisotopic (exact) mass is 403 g/mol. The number of hydrogen-bond acceptors (Lipinski definition) is 4. The van der Waals surface area contributed by atoms with Crippen molar-refractivity contribution >= 4 is 17.0 Å². The summed E-state index contributed by atoms with van der Waals surface area (Å²) < 4.78 is 2.32. The molecule has 1 saturated carbocycles. The van der Waals surface area contributed by atoms with E-state index in [0.29, 0.717) is 19.1 Å². The normalized spacial score (nSPS) is 14.8. The first-order valence-electron chi connectivity index (χ1n) is 10.6. The van der Waals surface area contributed by atoms with E-state index in [1.807, 2.05) is 6.08 Å². The number of benzene rings is 1. The van der Waals surface area contributed by atoms with Crippen LogP contribution in [0.15, 0.2) is 49.8 Å². The maximum Gasteiger partial charge on any atom is 0.113 e. The van der Waals surface area contributed by atoms with Crippen molar-refractivity contribution < 1.29 is 9.78 Å². The number of aromatic nitrogens is 3. The van der Waals surface area contributed by atoms with Gasteiger partial charge in [-0.15, -0.1) is 6.58 Å². The van der Waals surface area contributed by atoms with Crippen molar-refractivity contribution in [2.75, 3.05) is 7.11 Å². The van der Waals surface area contributed by atoms with Gasteiger partial charge in [0, 0.05) is 29.8 Å². The number of rotatable bonds is 8.